The molecule has 2 saturated heterocycles. The van der Waals surface area contributed by atoms with E-state index in [1.165, 1.54) is 84.0 Å². The molecule has 0 spiro atoms. The summed E-state index contributed by atoms with van der Waals surface area (Å²) in [7, 11) is 0. The summed E-state index contributed by atoms with van der Waals surface area (Å²) >= 11 is 0. The molecule has 2 fully saturated rings. The van der Waals surface area contributed by atoms with Crippen LogP contribution in [-0.2, 0) is 0 Å². The normalized spacial score (nSPS) is 28.0. The minimum absolute atomic E-state index is 0.829. The Balaban J connectivity index is 1.66. The lowest BCUT2D eigenvalue weighted by atomic mass is 9.95. The third kappa shape index (κ3) is 5.56. The first-order valence-electron chi connectivity index (χ1n) is 9.68. The number of rotatable bonds is 8. The average molecular weight is 295 g/mol. The van der Waals surface area contributed by atoms with E-state index in [1.54, 1.807) is 0 Å². The Morgan fingerprint density at radius 3 is 2.57 bits per heavy atom. The first kappa shape index (κ1) is 17.3. The smallest absolute Gasteiger partial charge is 0.0223 e. The van der Waals surface area contributed by atoms with Crippen molar-refractivity contribution < 1.29 is 0 Å². The van der Waals surface area contributed by atoms with Crippen molar-refractivity contribution in [2.75, 3.05) is 26.2 Å². The monoisotopic (exact) mass is 294 g/mol. The molecule has 0 saturated carbocycles. The van der Waals surface area contributed by atoms with Gasteiger partial charge in [0.15, 0.2) is 0 Å². The molecule has 0 aromatic carbocycles. The number of nitrogens with zero attached hydrogens (tertiary/aromatic N) is 2. The molecule has 2 heterocycles. The molecule has 0 bridgehead atoms. The summed E-state index contributed by atoms with van der Waals surface area (Å²) in [5, 5.41) is 0. The van der Waals surface area contributed by atoms with Gasteiger partial charge < -0.3 is 0 Å². The van der Waals surface area contributed by atoms with Crippen LogP contribution in [0.5, 0.6) is 0 Å². The Hall–Kier alpha value is -0.0800. The first-order valence-corrected chi connectivity index (χ1v) is 9.68. The summed E-state index contributed by atoms with van der Waals surface area (Å²) in [6.45, 7) is 12.5. The van der Waals surface area contributed by atoms with Gasteiger partial charge in [-0.25, -0.2) is 0 Å². The average Bonchev–Trinajstić information content (AvgIpc) is 2.49. The van der Waals surface area contributed by atoms with Crippen LogP contribution in [0.3, 0.4) is 0 Å². The lowest BCUT2D eigenvalue weighted by Gasteiger charge is -2.48. The molecule has 0 aromatic heterocycles. The van der Waals surface area contributed by atoms with Crippen LogP contribution in [0.25, 0.3) is 0 Å². The van der Waals surface area contributed by atoms with E-state index >= 15 is 0 Å². The molecule has 0 N–H and O–H groups in total. The second kappa shape index (κ2) is 9.15. The Labute approximate surface area is 133 Å². The van der Waals surface area contributed by atoms with Crippen molar-refractivity contribution >= 4 is 0 Å². The van der Waals surface area contributed by atoms with Gasteiger partial charge in [0, 0.05) is 25.2 Å². The second-order valence-corrected chi connectivity index (χ2v) is 7.80. The van der Waals surface area contributed by atoms with Crippen LogP contribution in [0.15, 0.2) is 0 Å². The highest BCUT2D eigenvalue weighted by molar-refractivity contribution is 4.90. The van der Waals surface area contributed by atoms with Crippen molar-refractivity contribution in [3.8, 4) is 0 Å². The molecule has 0 radical (unpaired) electrons. The third-order valence-corrected chi connectivity index (χ3v) is 5.60. The SMILES string of the molecule is CCC1CN2CCCCC2CN1CCCCCCC(C)C. The van der Waals surface area contributed by atoms with E-state index in [0.29, 0.717) is 0 Å². The van der Waals surface area contributed by atoms with E-state index in [9.17, 15) is 0 Å². The van der Waals surface area contributed by atoms with Gasteiger partial charge in [-0.05, 0) is 44.7 Å². The van der Waals surface area contributed by atoms with Gasteiger partial charge in [0.1, 0.15) is 0 Å². The van der Waals surface area contributed by atoms with Crippen LogP contribution in [0.2, 0.25) is 0 Å². The van der Waals surface area contributed by atoms with Gasteiger partial charge in [-0.15, -0.1) is 0 Å². The van der Waals surface area contributed by atoms with E-state index in [1.807, 2.05) is 0 Å². The largest absolute Gasteiger partial charge is 0.298 e. The van der Waals surface area contributed by atoms with E-state index in [2.05, 4.69) is 30.6 Å². The predicted octanol–water partition coefficient (Wildman–Crippen LogP) is 4.54. The first-order chi connectivity index (χ1) is 10.2. The van der Waals surface area contributed by atoms with Gasteiger partial charge in [0.2, 0.25) is 0 Å². The lowest BCUT2D eigenvalue weighted by Crippen LogP contribution is -2.59. The summed E-state index contributed by atoms with van der Waals surface area (Å²) in [5.41, 5.74) is 0. The van der Waals surface area contributed by atoms with Gasteiger partial charge in [-0.3, -0.25) is 9.80 Å². The molecule has 2 aliphatic rings. The molecule has 124 valence electrons. The molecule has 2 nitrogen and oxygen atoms in total. The van der Waals surface area contributed by atoms with E-state index in [0.717, 1.165) is 18.0 Å². The van der Waals surface area contributed by atoms with Gasteiger partial charge in [-0.2, -0.15) is 0 Å². The zero-order valence-electron chi connectivity index (χ0n) is 14.8. The molecule has 2 atom stereocenters. The number of piperidine rings is 1. The molecule has 21 heavy (non-hydrogen) atoms. The summed E-state index contributed by atoms with van der Waals surface area (Å²) in [5.74, 6) is 0.883. The molecular weight excluding hydrogens is 256 g/mol. The van der Waals surface area contributed by atoms with Gasteiger partial charge in [0.05, 0.1) is 0 Å². The number of unbranched alkanes of at least 4 members (excludes halogenated alkanes) is 3. The maximum Gasteiger partial charge on any atom is 0.0223 e. The van der Waals surface area contributed by atoms with Gasteiger partial charge in [-0.1, -0.05) is 52.9 Å². The van der Waals surface area contributed by atoms with Crippen LogP contribution in [0.4, 0.5) is 0 Å². The summed E-state index contributed by atoms with van der Waals surface area (Å²) in [4.78, 5) is 5.62. The number of hydrogen-bond donors (Lipinski definition) is 0. The predicted molar refractivity (Wildman–Crippen MR) is 92.8 cm³/mol. The minimum Gasteiger partial charge on any atom is -0.298 e. The number of fused-ring (bicyclic) bond motifs is 1. The fraction of sp³-hybridized carbons (Fsp3) is 1.00. The number of hydrogen-bond acceptors (Lipinski definition) is 2. The quantitative estimate of drug-likeness (QED) is 0.606. The van der Waals surface area contributed by atoms with Crippen molar-refractivity contribution in [3.63, 3.8) is 0 Å². The maximum absolute atomic E-state index is 2.83. The van der Waals surface area contributed by atoms with Crippen LogP contribution in [-0.4, -0.2) is 48.1 Å². The van der Waals surface area contributed by atoms with Gasteiger partial charge >= 0.3 is 0 Å². The zero-order chi connectivity index (χ0) is 15.1. The summed E-state index contributed by atoms with van der Waals surface area (Å²) in [6, 6.07) is 1.71. The van der Waals surface area contributed by atoms with Crippen LogP contribution < -0.4 is 0 Å². The fourth-order valence-corrected chi connectivity index (χ4v) is 4.20. The van der Waals surface area contributed by atoms with Gasteiger partial charge in [0.25, 0.3) is 0 Å². The van der Waals surface area contributed by atoms with E-state index in [4.69, 9.17) is 0 Å². The van der Waals surface area contributed by atoms with E-state index < -0.39 is 0 Å². The molecule has 0 amide bonds. The Morgan fingerprint density at radius 1 is 1.00 bits per heavy atom. The van der Waals surface area contributed by atoms with Crippen molar-refractivity contribution in [2.45, 2.75) is 90.6 Å². The molecule has 2 heteroatoms. The molecule has 2 unspecified atom stereocenters. The Morgan fingerprint density at radius 2 is 1.81 bits per heavy atom. The molecule has 2 rings (SSSR count). The Kier molecular flexibility index (Phi) is 7.53. The highest BCUT2D eigenvalue weighted by Gasteiger charge is 2.33. The minimum atomic E-state index is 0.829. The fourth-order valence-electron chi connectivity index (χ4n) is 4.20. The summed E-state index contributed by atoms with van der Waals surface area (Å²) < 4.78 is 0. The highest BCUT2D eigenvalue weighted by Crippen LogP contribution is 2.25. The van der Waals surface area contributed by atoms with Crippen molar-refractivity contribution in [1.29, 1.82) is 0 Å². The topological polar surface area (TPSA) is 6.48 Å². The van der Waals surface area contributed by atoms with Crippen LogP contribution in [0.1, 0.15) is 78.6 Å². The van der Waals surface area contributed by atoms with Crippen molar-refractivity contribution in [1.82, 2.24) is 9.80 Å². The molecule has 2 aliphatic heterocycles. The second-order valence-electron chi connectivity index (χ2n) is 7.80. The third-order valence-electron chi connectivity index (χ3n) is 5.60. The molecular formula is C19H38N2. The zero-order valence-corrected chi connectivity index (χ0v) is 14.8. The lowest BCUT2D eigenvalue weighted by molar-refractivity contribution is 0.00687. The van der Waals surface area contributed by atoms with Crippen LogP contribution >= 0.6 is 0 Å². The molecule has 0 aromatic rings. The standard InChI is InChI=1S/C19H38N2/c1-4-18-15-21-14-10-8-12-19(21)16-20(18)13-9-6-5-7-11-17(2)3/h17-19H,4-16H2,1-3H3. The molecule has 0 aliphatic carbocycles. The highest BCUT2D eigenvalue weighted by atomic mass is 15.3. The summed E-state index contributed by atoms with van der Waals surface area (Å²) in [6.07, 6.45) is 12.8. The Bertz CT molecular complexity index is 277. The van der Waals surface area contributed by atoms with E-state index in [-0.39, 0.29) is 0 Å². The maximum atomic E-state index is 2.83. The van der Waals surface area contributed by atoms with Crippen molar-refractivity contribution in [2.24, 2.45) is 5.92 Å². The van der Waals surface area contributed by atoms with Crippen molar-refractivity contribution in [3.05, 3.63) is 0 Å². The number of piperazine rings is 1. The van der Waals surface area contributed by atoms with Crippen LogP contribution in [0, 0.1) is 5.92 Å².